The van der Waals surface area contributed by atoms with Gasteiger partial charge in [0.15, 0.2) is 0 Å². The van der Waals surface area contributed by atoms with E-state index >= 15 is 0 Å². The van der Waals surface area contributed by atoms with Crippen molar-refractivity contribution in [3.63, 3.8) is 0 Å². The number of rotatable bonds is 8. The van der Waals surface area contributed by atoms with Crippen LogP contribution in [0.15, 0.2) is 48.5 Å². The van der Waals surface area contributed by atoms with E-state index in [0.717, 1.165) is 13.0 Å². The van der Waals surface area contributed by atoms with E-state index in [9.17, 15) is 14.0 Å². The van der Waals surface area contributed by atoms with Crippen LogP contribution < -0.4 is 10.6 Å². The van der Waals surface area contributed by atoms with E-state index in [0.29, 0.717) is 23.2 Å². The van der Waals surface area contributed by atoms with E-state index < -0.39 is 0 Å². The van der Waals surface area contributed by atoms with Crippen molar-refractivity contribution in [2.24, 2.45) is 0 Å². The van der Waals surface area contributed by atoms with Crippen LogP contribution in [0, 0.1) is 5.82 Å². The van der Waals surface area contributed by atoms with Crippen LogP contribution >= 0.6 is 0 Å². The summed E-state index contributed by atoms with van der Waals surface area (Å²) in [6.45, 7) is 1.55. The zero-order chi connectivity index (χ0) is 18.9. The van der Waals surface area contributed by atoms with Gasteiger partial charge in [0.1, 0.15) is 5.82 Å². The van der Waals surface area contributed by atoms with Crippen LogP contribution in [0.1, 0.15) is 32.7 Å². The summed E-state index contributed by atoms with van der Waals surface area (Å²) in [5.41, 5.74) is 1.20. The maximum Gasteiger partial charge on any atom is 0.251 e. The van der Waals surface area contributed by atoms with Gasteiger partial charge in [-0.2, -0.15) is 0 Å². The molecule has 2 aromatic rings. The summed E-state index contributed by atoms with van der Waals surface area (Å²) in [5, 5.41) is 5.51. The van der Waals surface area contributed by atoms with Gasteiger partial charge in [0.05, 0.1) is 0 Å². The molecule has 138 valence electrons. The number of nitrogens with one attached hydrogen (secondary N) is 2. The van der Waals surface area contributed by atoms with Gasteiger partial charge in [-0.15, -0.1) is 0 Å². The smallest absolute Gasteiger partial charge is 0.251 e. The molecule has 0 aromatic heterocycles. The molecule has 0 heterocycles. The molecule has 0 aliphatic carbocycles. The van der Waals surface area contributed by atoms with Crippen LogP contribution in [-0.2, 0) is 6.54 Å². The third-order valence-electron chi connectivity index (χ3n) is 3.85. The van der Waals surface area contributed by atoms with Gasteiger partial charge >= 0.3 is 0 Å². The zero-order valence-electron chi connectivity index (χ0n) is 15.1. The van der Waals surface area contributed by atoms with E-state index in [2.05, 4.69) is 10.6 Å². The quantitative estimate of drug-likeness (QED) is 0.714. The number of carbonyl (C=O) groups is 2. The van der Waals surface area contributed by atoms with Gasteiger partial charge in [0.25, 0.3) is 11.8 Å². The highest BCUT2D eigenvalue weighted by Gasteiger charge is 2.11. The number of hydrogen-bond donors (Lipinski definition) is 2. The van der Waals surface area contributed by atoms with Crippen molar-refractivity contribution in [1.29, 1.82) is 0 Å². The minimum atomic E-state index is -0.362. The van der Waals surface area contributed by atoms with Gasteiger partial charge in [0.2, 0.25) is 0 Å². The molecule has 0 spiro atoms. The predicted molar refractivity (Wildman–Crippen MR) is 99.5 cm³/mol. The number of nitrogens with zero attached hydrogens (tertiary/aromatic N) is 1. The minimum Gasteiger partial charge on any atom is -0.352 e. The molecule has 2 aromatic carbocycles. The summed E-state index contributed by atoms with van der Waals surface area (Å²) in [7, 11) is 3.95. The first-order valence-electron chi connectivity index (χ1n) is 8.52. The molecule has 0 aliphatic rings. The first kappa shape index (κ1) is 19.6. The molecule has 0 saturated carbocycles. The largest absolute Gasteiger partial charge is 0.352 e. The molecule has 6 heteroatoms. The van der Waals surface area contributed by atoms with Crippen molar-refractivity contribution < 1.29 is 14.0 Å². The molecule has 0 aliphatic heterocycles. The summed E-state index contributed by atoms with van der Waals surface area (Å²) in [6, 6.07) is 12.8. The lowest BCUT2D eigenvalue weighted by Gasteiger charge is -2.10. The SMILES string of the molecule is CN(C)CCCNC(=O)c1cccc(C(=O)NCc2ccccc2F)c1. The van der Waals surface area contributed by atoms with Gasteiger partial charge in [-0.25, -0.2) is 4.39 Å². The monoisotopic (exact) mass is 357 g/mol. The topological polar surface area (TPSA) is 61.4 Å². The van der Waals surface area contributed by atoms with Crippen LogP contribution in [0.2, 0.25) is 0 Å². The summed E-state index contributed by atoms with van der Waals surface area (Å²) in [5.74, 6) is -0.929. The molecule has 2 rings (SSSR count). The highest BCUT2D eigenvalue weighted by molar-refractivity contribution is 5.99. The molecule has 0 radical (unpaired) electrons. The molecule has 0 atom stereocenters. The third-order valence-corrected chi connectivity index (χ3v) is 3.85. The lowest BCUT2D eigenvalue weighted by atomic mass is 10.1. The Bertz CT molecular complexity index is 762. The van der Waals surface area contributed by atoms with Gasteiger partial charge in [-0.3, -0.25) is 9.59 Å². The van der Waals surface area contributed by atoms with Gasteiger partial charge < -0.3 is 15.5 Å². The molecule has 2 amide bonds. The summed E-state index contributed by atoms with van der Waals surface area (Å²) in [6.07, 6.45) is 0.849. The molecule has 5 nitrogen and oxygen atoms in total. The van der Waals surface area contributed by atoms with E-state index in [4.69, 9.17) is 0 Å². The number of benzene rings is 2. The Balaban J connectivity index is 1.92. The average molecular weight is 357 g/mol. The molecule has 0 bridgehead atoms. The van der Waals surface area contributed by atoms with E-state index in [-0.39, 0.29) is 24.2 Å². The highest BCUT2D eigenvalue weighted by atomic mass is 19.1. The van der Waals surface area contributed by atoms with Gasteiger partial charge in [0, 0.05) is 29.8 Å². The van der Waals surface area contributed by atoms with Gasteiger partial charge in [-0.1, -0.05) is 24.3 Å². The Labute approximate surface area is 153 Å². The van der Waals surface area contributed by atoms with Crippen molar-refractivity contribution in [3.8, 4) is 0 Å². The second kappa shape index (κ2) is 9.68. The van der Waals surface area contributed by atoms with E-state index in [1.165, 1.54) is 12.1 Å². The first-order valence-corrected chi connectivity index (χ1v) is 8.52. The number of hydrogen-bond acceptors (Lipinski definition) is 3. The highest BCUT2D eigenvalue weighted by Crippen LogP contribution is 2.08. The number of amides is 2. The predicted octanol–water partition coefficient (Wildman–Crippen LogP) is 2.44. The lowest BCUT2D eigenvalue weighted by molar-refractivity contribution is 0.0950. The summed E-state index contributed by atoms with van der Waals surface area (Å²) < 4.78 is 13.6. The Morgan fingerprint density at radius 3 is 2.27 bits per heavy atom. The first-order chi connectivity index (χ1) is 12.5. The standard InChI is InChI=1S/C20H24FN3O2/c1-24(2)12-6-11-22-19(25)15-8-5-9-16(13-15)20(26)23-14-17-7-3-4-10-18(17)21/h3-5,7-10,13H,6,11-12,14H2,1-2H3,(H,22,25)(H,23,26). The molecular weight excluding hydrogens is 333 g/mol. The fraction of sp³-hybridized carbons (Fsp3) is 0.300. The molecular formula is C20H24FN3O2. The van der Waals surface area contributed by atoms with Crippen molar-refractivity contribution in [2.45, 2.75) is 13.0 Å². The molecule has 26 heavy (non-hydrogen) atoms. The second-order valence-corrected chi connectivity index (χ2v) is 6.27. The Hall–Kier alpha value is -2.73. The minimum absolute atomic E-state index is 0.0897. The Morgan fingerprint density at radius 2 is 1.62 bits per heavy atom. The fourth-order valence-corrected chi connectivity index (χ4v) is 2.42. The Morgan fingerprint density at radius 1 is 0.962 bits per heavy atom. The van der Waals surface area contributed by atoms with Crippen LogP contribution in [0.3, 0.4) is 0 Å². The molecule has 0 fully saturated rings. The molecule has 0 saturated heterocycles. The van der Waals surface area contributed by atoms with Crippen molar-refractivity contribution in [2.75, 3.05) is 27.2 Å². The van der Waals surface area contributed by atoms with E-state index in [1.54, 1.807) is 36.4 Å². The third kappa shape index (κ3) is 5.97. The van der Waals surface area contributed by atoms with Crippen LogP contribution in [0.25, 0.3) is 0 Å². The second-order valence-electron chi connectivity index (χ2n) is 6.27. The Kier molecular flexibility index (Phi) is 7.29. The maximum atomic E-state index is 13.6. The molecule has 2 N–H and O–H groups in total. The normalized spacial score (nSPS) is 10.6. The van der Waals surface area contributed by atoms with Crippen LogP contribution in [-0.4, -0.2) is 43.9 Å². The zero-order valence-corrected chi connectivity index (χ0v) is 15.1. The van der Waals surface area contributed by atoms with Crippen molar-refractivity contribution in [1.82, 2.24) is 15.5 Å². The lowest BCUT2D eigenvalue weighted by Crippen LogP contribution is -2.28. The van der Waals surface area contributed by atoms with E-state index in [1.807, 2.05) is 19.0 Å². The van der Waals surface area contributed by atoms with Crippen LogP contribution in [0.4, 0.5) is 4.39 Å². The summed E-state index contributed by atoms with van der Waals surface area (Å²) >= 11 is 0. The molecule has 0 unspecified atom stereocenters. The average Bonchev–Trinajstić information content (AvgIpc) is 2.64. The van der Waals surface area contributed by atoms with Gasteiger partial charge in [-0.05, 0) is 51.3 Å². The number of carbonyl (C=O) groups excluding carboxylic acids is 2. The maximum absolute atomic E-state index is 13.6. The van der Waals surface area contributed by atoms with Crippen molar-refractivity contribution in [3.05, 3.63) is 71.0 Å². The fourth-order valence-electron chi connectivity index (χ4n) is 2.42. The van der Waals surface area contributed by atoms with Crippen LogP contribution in [0.5, 0.6) is 0 Å². The number of halogens is 1. The summed E-state index contributed by atoms with van der Waals surface area (Å²) in [4.78, 5) is 26.5. The van der Waals surface area contributed by atoms with Crippen molar-refractivity contribution >= 4 is 11.8 Å².